The molecule has 1 atom stereocenters. The van der Waals surface area contributed by atoms with Crippen LogP contribution in [0.5, 0.6) is 5.75 Å². The molecule has 1 N–H and O–H groups in total. The molecule has 0 fully saturated rings. The minimum Gasteiger partial charge on any atom is -0.481 e. The van der Waals surface area contributed by atoms with Crippen molar-refractivity contribution in [3.63, 3.8) is 0 Å². The van der Waals surface area contributed by atoms with E-state index in [1.807, 2.05) is 0 Å². The zero-order valence-electron chi connectivity index (χ0n) is 11.5. The van der Waals surface area contributed by atoms with Crippen LogP contribution in [-0.2, 0) is 9.53 Å². The number of hydrogen-bond donors (Lipinski definition) is 1. The van der Waals surface area contributed by atoms with Crippen LogP contribution in [0.3, 0.4) is 0 Å². The van der Waals surface area contributed by atoms with Gasteiger partial charge >= 0.3 is 0 Å². The average Bonchev–Trinajstić information content (AvgIpc) is 2.42. The van der Waals surface area contributed by atoms with Crippen LogP contribution in [0.15, 0.2) is 18.2 Å². The third-order valence-electron chi connectivity index (χ3n) is 2.54. The molecule has 6 heteroatoms. The molecule has 5 nitrogen and oxygen atoms in total. The number of nitrogens with one attached hydrogen (secondary N) is 1. The quantitative estimate of drug-likeness (QED) is 0.581. The second-order valence-corrected chi connectivity index (χ2v) is 4.24. The van der Waals surface area contributed by atoms with Gasteiger partial charge in [0.15, 0.2) is 6.10 Å². The largest absolute Gasteiger partial charge is 0.481 e. The van der Waals surface area contributed by atoms with Crippen molar-refractivity contribution in [3.8, 4) is 5.75 Å². The number of halogens is 1. The molecule has 0 aliphatic carbocycles. The summed E-state index contributed by atoms with van der Waals surface area (Å²) in [4.78, 5) is 22.3. The van der Waals surface area contributed by atoms with E-state index in [4.69, 9.17) is 9.47 Å². The molecule has 0 bridgehead atoms. The number of ether oxygens (including phenoxy) is 2. The lowest BCUT2D eigenvalue weighted by Gasteiger charge is -2.15. The number of rotatable bonds is 8. The predicted molar refractivity (Wildman–Crippen MR) is 71.4 cm³/mol. The molecular formula is C14H18FNO4. The van der Waals surface area contributed by atoms with E-state index in [2.05, 4.69) is 5.32 Å². The maximum atomic E-state index is 13.2. The number of carbonyl (C=O) groups is 2. The van der Waals surface area contributed by atoms with Gasteiger partial charge in [0.05, 0.1) is 0 Å². The summed E-state index contributed by atoms with van der Waals surface area (Å²) in [5.74, 6) is -0.748. The van der Waals surface area contributed by atoms with Crippen molar-refractivity contribution in [2.75, 3.05) is 20.3 Å². The van der Waals surface area contributed by atoms with E-state index >= 15 is 0 Å². The van der Waals surface area contributed by atoms with Gasteiger partial charge in [0.2, 0.25) is 0 Å². The third kappa shape index (κ3) is 5.36. The fourth-order valence-corrected chi connectivity index (χ4v) is 1.55. The van der Waals surface area contributed by atoms with Gasteiger partial charge in [-0.25, -0.2) is 4.39 Å². The fourth-order valence-electron chi connectivity index (χ4n) is 1.55. The Morgan fingerprint density at radius 3 is 2.85 bits per heavy atom. The fraction of sp³-hybridized carbons (Fsp3) is 0.429. The number of hydrogen-bond acceptors (Lipinski definition) is 4. The van der Waals surface area contributed by atoms with Gasteiger partial charge in [-0.15, -0.1) is 0 Å². The molecule has 1 aromatic carbocycles. The standard InChI is InChI=1S/C14H18FNO4/c1-10(14(18)16-4-3-5-19-2)20-13-7-11(9-17)6-12(15)8-13/h6-10H,3-5H2,1-2H3,(H,16,18). The number of benzene rings is 1. The van der Waals surface area contributed by atoms with E-state index in [0.717, 1.165) is 12.1 Å². The van der Waals surface area contributed by atoms with E-state index in [1.165, 1.54) is 6.07 Å². The highest BCUT2D eigenvalue weighted by atomic mass is 19.1. The van der Waals surface area contributed by atoms with Crippen molar-refractivity contribution >= 4 is 12.2 Å². The molecule has 1 aromatic rings. The summed E-state index contributed by atoms with van der Waals surface area (Å²) in [7, 11) is 1.59. The summed E-state index contributed by atoms with van der Waals surface area (Å²) >= 11 is 0. The Hall–Kier alpha value is -1.95. The van der Waals surface area contributed by atoms with Crippen molar-refractivity contribution in [2.24, 2.45) is 0 Å². The van der Waals surface area contributed by atoms with Crippen LogP contribution in [0.2, 0.25) is 0 Å². The van der Waals surface area contributed by atoms with Crippen LogP contribution in [0.1, 0.15) is 23.7 Å². The van der Waals surface area contributed by atoms with Crippen LogP contribution >= 0.6 is 0 Å². The summed E-state index contributed by atoms with van der Waals surface area (Å²) in [5.41, 5.74) is 0.160. The number of amides is 1. The molecular weight excluding hydrogens is 265 g/mol. The first-order valence-electron chi connectivity index (χ1n) is 6.26. The van der Waals surface area contributed by atoms with Crippen LogP contribution in [-0.4, -0.2) is 38.6 Å². The smallest absolute Gasteiger partial charge is 0.260 e. The van der Waals surface area contributed by atoms with E-state index in [0.29, 0.717) is 25.9 Å². The van der Waals surface area contributed by atoms with Gasteiger partial charge in [-0.05, 0) is 25.5 Å². The highest BCUT2D eigenvalue weighted by molar-refractivity contribution is 5.81. The van der Waals surface area contributed by atoms with Gasteiger partial charge in [0, 0.05) is 31.9 Å². The first-order valence-corrected chi connectivity index (χ1v) is 6.26. The Morgan fingerprint density at radius 1 is 1.45 bits per heavy atom. The Morgan fingerprint density at radius 2 is 2.20 bits per heavy atom. The number of aldehydes is 1. The zero-order valence-corrected chi connectivity index (χ0v) is 11.5. The van der Waals surface area contributed by atoms with E-state index < -0.39 is 11.9 Å². The Bertz CT molecular complexity index is 464. The Labute approximate surface area is 117 Å². The topological polar surface area (TPSA) is 64.6 Å². The molecule has 0 aliphatic heterocycles. The second kappa shape index (κ2) is 8.27. The van der Waals surface area contributed by atoms with Gasteiger partial charge in [0.25, 0.3) is 5.91 Å². The molecule has 0 aliphatic rings. The van der Waals surface area contributed by atoms with Crippen LogP contribution in [0.25, 0.3) is 0 Å². The molecule has 0 saturated heterocycles. The first-order chi connectivity index (χ1) is 9.56. The second-order valence-electron chi connectivity index (χ2n) is 4.24. The Balaban J connectivity index is 2.52. The van der Waals surface area contributed by atoms with Crippen molar-refractivity contribution < 1.29 is 23.5 Å². The minimum absolute atomic E-state index is 0.145. The summed E-state index contributed by atoms with van der Waals surface area (Å²) in [6, 6.07) is 3.60. The number of methoxy groups -OCH3 is 1. The lowest BCUT2D eigenvalue weighted by Crippen LogP contribution is -2.37. The van der Waals surface area contributed by atoms with Crippen molar-refractivity contribution in [3.05, 3.63) is 29.6 Å². The molecule has 1 amide bonds. The van der Waals surface area contributed by atoms with Crippen molar-refractivity contribution in [1.29, 1.82) is 0 Å². The monoisotopic (exact) mass is 283 g/mol. The molecule has 0 aromatic heterocycles. The van der Waals surface area contributed by atoms with Gasteiger partial charge in [-0.2, -0.15) is 0 Å². The van der Waals surface area contributed by atoms with Crippen LogP contribution in [0, 0.1) is 5.82 Å². The molecule has 0 radical (unpaired) electrons. The average molecular weight is 283 g/mol. The van der Waals surface area contributed by atoms with Gasteiger partial charge in [-0.3, -0.25) is 9.59 Å². The van der Waals surface area contributed by atoms with E-state index in [1.54, 1.807) is 14.0 Å². The molecule has 0 heterocycles. The van der Waals surface area contributed by atoms with Crippen LogP contribution in [0.4, 0.5) is 4.39 Å². The summed E-state index contributed by atoms with van der Waals surface area (Å²) in [5, 5.41) is 2.67. The maximum Gasteiger partial charge on any atom is 0.260 e. The highest BCUT2D eigenvalue weighted by Gasteiger charge is 2.14. The SMILES string of the molecule is COCCCNC(=O)C(C)Oc1cc(F)cc(C=O)c1. The summed E-state index contributed by atoms with van der Waals surface area (Å²) < 4.78 is 23.4. The van der Waals surface area contributed by atoms with Crippen LogP contribution < -0.4 is 10.1 Å². The van der Waals surface area contributed by atoms with Crippen molar-refractivity contribution in [1.82, 2.24) is 5.32 Å². The molecule has 0 saturated carbocycles. The summed E-state index contributed by atoms with van der Waals surface area (Å²) in [6.45, 7) is 2.59. The first kappa shape index (κ1) is 16.1. The summed E-state index contributed by atoms with van der Waals surface area (Å²) in [6.07, 6.45) is 0.439. The van der Waals surface area contributed by atoms with Gasteiger partial charge in [-0.1, -0.05) is 0 Å². The van der Waals surface area contributed by atoms with Gasteiger partial charge < -0.3 is 14.8 Å². The minimum atomic E-state index is -0.779. The zero-order chi connectivity index (χ0) is 15.0. The van der Waals surface area contributed by atoms with E-state index in [-0.39, 0.29) is 17.2 Å². The van der Waals surface area contributed by atoms with Gasteiger partial charge in [0.1, 0.15) is 17.9 Å². The van der Waals surface area contributed by atoms with E-state index in [9.17, 15) is 14.0 Å². The molecule has 0 spiro atoms. The lowest BCUT2D eigenvalue weighted by atomic mass is 10.2. The predicted octanol–water partition coefficient (Wildman–Crippen LogP) is 1.56. The molecule has 1 unspecified atom stereocenters. The Kier molecular flexibility index (Phi) is 6.66. The molecule has 1 rings (SSSR count). The maximum absolute atomic E-state index is 13.2. The third-order valence-corrected chi connectivity index (χ3v) is 2.54. The molecule has 20 heavy (non-hydrogen) atoms. The normalized spacial score (nSPS) is 11.8. The number of carbonyl (C=O) groups excluding carboxylic acids is 2. The lowest BCUT2D eigenvalue weighted by molar-refractivity contribution is -0.127. The molecule has 110 valence electrons. The van der Waals surface area contributed by atoms with Crippen molar-refractivity contribution in [2.45, 2.75) is 19.4 Å². The highest BCUT2D eigenvalue weighted by Crippen LogP contribution is 2.16.